The minimum absolute atomic E-state index is 0.105. The van der Waals surface area contributed by atoms with E-state index in [4.69, 9.17) is 11.6 Å². The van der Waals surface area contributed by atoms with Gasteiger partial charge in [0.2, 0.25) is 0 Å². The molecule has 0 unspecified atom stereocenters. The predicted octanol–water partition coefficient (Wildman–Crippen LogP) is -0.173. The Kier molecular flexibility index (Phi) is 6.32. The van der Waals surface area contributed by atoms with E-state index in [0.29, 0.717) is 5.02 Å². The highest BCUT2D eigenvalue weighted by Crippen LogP contribution is 2.21. The third kappa shape index (κ3) is 5.28. The minimum atomic E-state index is -0.158. The first-order valence-electron chi connectivity index (χ1n) is 6.10. The molecule has 5 nitrogen and oxygen atoms in total. The minimum Gasteiger partial charge on any atom is -0.354 e. The summed E-state index contributed by atoms with van der Waals surface area (Å²) >= 11 is 6.06. The number of hydrogen-bond donors (Lipinski definition) is 3. The number of hydrogen-bond acceptors (Lipinski definition) is 2. The second-order valence-electron chi connectivity index (χ2n) is 4.18. The summed E-state index contributed by atoms with van der Waals surface area (Å²) in [6, 6.07) is 7.23. The van der Waals surface area contributed by atoms with Gasteiger partial charge in [-0.15, -0.1) is 0 Å². The number of benzene rings is 1. The Balaban J connectivity index is 2.40. The van der Waals surface area contributed by atoms with Gasteiger partial charge in [0.15, 0.2) is 13.1 Å². The van der Waals surface area contributed by atoms with Crippen LogP contribution in [0.4, 0.5) is 0 Å². The smallest absolute Gasteiger partial charge is 0.275 e. The zero-order chi connectivity index (χ0) is 14.3. The zero-order valence-corrected chi connectivity index (χ0v) is 11.8. The lowest BCUT2D eigenvalue weighted by molar-refractivity contribution is -0.633. The van der Waals surface area contributed by atoms with Crippen LogP contribution in [0.2, 0.25) is 5.02 Å². The van der Waals surface area contributed by atoms with Crippen molar-refractivity contribution >= 4 is 23.4 Å². The van der Waals surface area contributed by atoms with Crippen LogP contribution in [0.5, 0.6) is 0 Å². The first-order valence-corrected chi connectivity index (χ1v) is 6.48. The van der Waals surface area contributed by atoms with E-state index in [-0.39, 0.29) is 30.9 Å². The van der Waals surface area contributed by atoms with Crippen LogP contribution >= 0.6 is 11.6 Å². The maximum atomic E-state index is 11.7. The average Bonchev–Trinajstić information content (AvgIpc) is 2.38. The van der Waals surface area contributed by atoms with Crippen LogP contribution in [0.15, 0.2) is 24.3 Å². The third-order valence-electron chi connectivity index (χ3n) is 2.69. The molecule has 0 aliphatic heterocycles. The van der Waals surface area contributed by atoms with Crippen LogP contribution in [-0.2, 0) is 9.59 Å². The fraction of sp³-hybridized carbons (Fsp3) is 0.385. The van der Waals surface area contributed by atoms with E-state index in [1.54, 1.807) is 18.4 Å². The fourth-order valence-electron chi connectivity index (χ4n) is 1.64. The van der Waals surface area contributed by atoms with E-state index in [1.165, 1.54) is 0 Å². The van der Waals surface area contributed by atoms with Gasteiger partial charge in [-0.05, 0) is 18.6 Å². The van der Waals surface area contributed by atoms with Gasteiger partial charge in [0.1, 0.15) is 0 Å². The van der Waals surface area contributed by atoms with Crippen molar-refractivity contribution in [2.45, 2.75) is 13.0 Å². The van der Waals surface area contributed by atoms with E-state index < -0.39 is 0 Å². The largest absolute Gasteiger partial charge is 0.354 e. The van der Waals surface area contributed by atoms with Crippen molar-refractivity contribution in [3.63, 3.8) is 0 Å². The molecule has 6 heteroatoms. The standard InChI is InChI=1S/C13H18ClN3O2/c1-9(10-5-3-4-6-11(10)14)17-13(19)8-16-7-12(18)15-2/h3-6,9,16H,7-8H2,1-2H3,(H,15,18)(H,17,19)/p+1/t9-/m0/s1. The first-order chi connectivity index (χ1) is 9.04. The molecular weight excluding hydrogens is 266 g/mol. The average molecular weight is 285 g/mol. The molecule has 0 saturated carbocycles. The highest BCUT2D eigenvalue weighted by molar-refractivity contribution is 6.31. The van der Waals surface area contributed by atoms with Gasteiger partial charge >= 0.3 is 0 Å². The molecule has 1 atom stereocenters. The molecule has 0 radical (unpaired) electrons. The molecule has 19 heavy (non-hydrogen) atoms. The van der Waals surface area contributed by atoms with E-state index >= 15 is 0 Å². The van der Waals surface area contributed by atoms with Crippen molar-refractivity contribution in [1.29, 1.82) is 0 Å². The second kappa shape index (κ2) is 7.76. The molecule has 0 bridgehead atoms. The summed E-state index contributed by atoms with van der Waals surface area (Å²) in [4.78, 5) is 22.7. The lowest BCUT2D eigenvalue weighted by atomic mass is 10.1. The van der Waals surface area contributed by atoms with E-state index in [1.807, 2.05) is 25.1 Å². The van der Waals surface area contributed by atoms with Crippen molar-refractivity contribution in [1.82, 2.24) is 10.6 Å². The molecule has 0 saturated heterocycles. The van der Waals surface area contributed by atoms with Gasteiger partial charge in [-0.2, -0.15) is 0 Å². The fourth-order valence-corrected chi connectivity index (χ4v) is 1.94. The monoisotopic (exact) mass is 284 g/mol. The summed E-state index contributed by atoms with van der Waals surface area (Å²) in [6.45, 7) is 2.32. The summed E-state index contributed by atoms with van der Waals surface area (Å²) in [5.74, 6) is -0.233. The van der Waals surface area contributed by atoms with E-state index in [9.17, 15) is 9.59 Å². The Labute approximate surface area is 117 Å². The first kappa shape index (κ1) is 15.5. The number of likely N-dealkylation sites (N-methyl/N-ethyl adjacent to an activating group) is 1. The molecule has 0 aliphatic rings. The molecule has 1 aromatic carbocycles. The van der Waals surface area contributed by atoms with Gasteiger partial charge < -0.3 is 16.0 Å². The zero-order valence-electron chi connectivity index (χ0n) is 11.1. The van der Waals surface area contributed by atoms with Crippen molar-refractivity contribution in [3.8, 4) is 0 Å². The Morgan fingerprint density at radius 1 is 1.26 bits per heavy atom. The molecule has 1 rings (SSSR count). The number of quaternary nitrogens is 1. The van der Waals surface area contributed by atoms with E-state index in [2.05, 4.69) is 10.6 Å². The maximum Gasteiger partial charge on any atom is 0.275 e. The van der Waals surface area contributed by atoms with Gasteiger partial charge in [-0.1, -0.05) is 29.8 Å². The molecule has 0 heterocycles. The van der Waals surface area contributed by atoms with Gasteiger partial charge in [-0.25, -0.2) is 0 Å². The number of nitrogens with one attached hydrogen (secondary N) is 2. The summed E-state index contributed by atoms with van der Waals surface area (Å²) in [5.41, 5.74) is 0.879. The van der Waals surface area contributed by atoms with Crippen molar-refractivity contribution < 1.29 is 14.9 Å². The van der Waals surface area contributed by atoms with Crippen LogP contribution in [0, 0.1) is 0 Å². The Hall–Kier alpha value is -1.59. The Bertz CT molecular complexity index is 451. The number of nitrogens with two attached hydrogens (primary N) is 1. The lowest BCUT2D eigenvalue weighted by Crippen LogP contribution is -2.88. The molecule has 0 spiro atoms. The Morgan fingerprint density at radius 2 is 1.89 bits per heavy atom. The number of amides is 2. The quantitative estimate of drug-likeness (QED) is 0.678. The van der Waals surface area contributed by atoms with Crippen LogP contribution in [-0.4, -0.2) is 32.0 Å². The van der Waals surface area contributed by atoms with Gasteiger partial charge in [0.05, 0.1) is 6.04 Å². The molecule has 2 amide bonds. The molecule has 0 fully saturated rings. The number of halogens is 1. The number of rotatable bonds is 6. The van der Waals surface area contributed by atoms with Gasteiger partial charge in [0, 0.05) is 12.1 Å². The number of carbonyl (C=O) groups is 2. The predicted molar refractivity (Wildman–Crippen MR) is 73.7 cm³/mol. The SMILES string of the molecule is CNC(=O)C[NH2+]CC(=O)N[C@@H](C)c1ccccc1Cl. The topological polar surface area (TPSA) is 74.8 Å². The molecule has 1 aromatic rings. The lowest BCUT2D eigenvalue weighted by Gasteiger charge is -2.15. The molecular formula is C13H19ClN3O2+. The van der Waals surface area contributed by atoms with Crippen LogP contribution in [0.25, 0.3) is 0 Å². The molecule has 104 valence electrons. The highest BCUT2D eigenvalue weighted by Gasteiger charge is 2.13. The third-order valence-corrected chi connectivity index (χ3v) is 3.03. The van der Waals surface area contributed by atoms with Gasteiger partial charge in [0.25, 0.3) is 11.8 Å². The van der Waals surface area contributed by atoms with Gasteiger partial charge in [-0.3, -0.25) is 9.59 Å². The summed E-state index contributed by atoms with van der Waals surface area (Å²) in [5, 5.41) is 7.61. The Morgan fingerprint density at radius 3 is 2.53 bits per heavy atom. The summed E-state index contributed by atoms with van der Waals surface area (Å²) in [7, 11) is 1.57. The molecule has 4 N–H and O–H groups in total. The highest BCUT2D eigenvalue weighted by atomic mass is 35.5. The van der Waals surface area contributed by atoms with Crippen molar-refractivity contribution in [2.24, 2.45) is 0 Å². The van der Waals surface area contributed by atoms with Crippen LogP contribution in [0.1, 0.15) is 18.5 Å². The summed E-state index contributed by atoms with van der Waals surface area (Å²) < 4.78 is 0. The normalized spacial score (nSPS) is 11.7. The van der Waals surface area contributed by atoms with Crippen molar-refractivity contribution in [2.75, 3.05) is 20.1 Å². The molecule has 0 aromatic heterocycles. The molecule has 0 aliphatic carbocycles. The van der Waals surface area contributed by atoms with E-state index in [0.717, 1.165) is 5.56 Å². The van der Waals surface area contributed by atoms with Crippen LogP contribution < -0.4 is 16.0 Å². The van der Waals surface area contributed by atoms with Crippen molar-refractivity contribution in [3.05, 3.63) is 34.9 Å². The summed E-state index contributed by atoms with van der Waals surface area (Å²) in [6.07, 6.45) is 0. The second-order valence-corrected chi connectivity index (χ2v) is 4.59. The number of carbonyl (C=O) groups excluding carboxylic acids is 2. The maximum absolute atomic E-state index is 11.7. The van der Waals surface area contributed by atoms with Crippen LogP contribution in [0.3, 0.4) is 0 Å².